The fraction of sp³-hybridized carbons (Fsp3) is 0.474. The molecule has 0 saturated carbocycles. The summed E-state index contributed by atoms with van der Waals surface area (Å²) < 4.78 is 6.02. The molecule has 0 atom stereocenters. The molecular formula is C38H51NO8. The number of unbranched alkanes of at least 4 members (excludes halogenated alkanes) is 3. The highest BCUT2D eigenvalue weighted by molar-refractivity contribution is 6.17. The monoisotopic (exact) mass is 649 g/mol. The van der Waals surface area contributed by atoms with Gasteiger partial charge in [-0.3, -0.25) is 4.79 Å². The summed E-state index contributed by atoms with van der Waals surface area (Å²) in [5.74, 6) is -3.16. The van der Waals surface area contributed by atoms with Crippen molar-refractivity contribution in [3.05, 3.63) is 82.1 Å². The van der Waals surface area contributed by atoms with Crippen molar-refractivity contribution in [2.45, 2.75) is 92.4 Å². The molecule has 3 rings (SSSR count). The molecule has 9 heteroatoms. The average molecular weight is 650 g/mol. The molecule has 0 fully saturated rings. The van der Waals surface area contributed by atoms with Crippen molar-refractivity contribution in [3.8, 4) is 0 Å². The molecule has 3 N–H and O–H groups in total. The molecule has 2 aromatic carbocycles. The Hall–Kier alpha value is -4.24. The van der Waals surface area contributed by atoms with E-state index in [4.69, 9.17) is 14.6 Å². The zero-order chi connectivity index (χ0) is 34.9. The van der Waals surface area contributed by atoms with Crippen molar-refractivity contribution < 1.29 is 38.9 Å². The van der Waals surface area contributed by atoms with Crippen LogP contribution < -0.4 is 0 Å². The van der Waals surface area contributed by atoms with Gasteiger partial charge < -0.3 is 24.6 Å². The first-order chi connectivity index (χ1) is 22.4. The predicted octanol–water partition coefficient (Wildman–Crippen LogP) is 8.28. The quantitative estimate of drug-likeness (QED) is 0.0862. The lowest BCUT2D eigenvalue weighted by atomic mass is 9.96. The summed E-state index contributed by atoms with van der Waals surface area (Å²) in [5, 5.41) is 26.7. The number of carboxylic acid groups (broad SMARTS) is 3. The lowest BCUT2D eigenvalue weighted by Crippen LogP contribution is -2.27. The highest BCUT2D eigenvalue weighted by Gasteiger charge is 2.23. The van der Waals surface area contributed by atoms with Crippen molar-refractivity contribution in [2.75, 3.05) is 19.6 Å². The van der Waals surface area contributed by atoms with E-state index in [-0.39, 0.29) is 22.8 Å². The normalized spacial score (nSPS) is 11.5. The van der Waals surface area contributed by atoms with Gasteiger partial charge in [-0.25, -0.2) is 14.4 Å². The van der Waals surface area contributed by atoms with Crippen LogP contribution in [-0.2, 0) is 22.4 Å². The second-order valence-corrected chi connectivity index (χ2v) is 12.1. The number of carbonyl (C=O) groups excluding carboxylic acids is 1. The van der Waals surface area contributed by atoms with E-state index in [1.165, 1.54) is 50.4 Å². The van der Waals surface area contributed by atoms with E-state index in [1.807, 2.05) is 24.3 Å². The average Bonchev–Trinajstić information content (AvgIpc) is 3.41. The van der Waals surface area contributed by atoms with Gasteiger partial charge in [-0.1, -0.05) is 78.1 Å². The Bertz CT molecular complexity index is 1490. The highest BCUT2D eigenvalue weighted by atomic mass is 16.4. The summed E-state index contributed by atoms with van der Waals surface area (Å²) in [7, 11) is 0. The molecule has 0 bridgehead atoms. The van der Waals surface area contributed by atoms with Gasteiger partial charge in [0, 0.05) is 29.0 Å². The van der Waals surface area contributed by atoms with E-state index >= 15 is 0 Å². The molecule has 3 aromatic rings. The van der Waals surface area contributed by atoms with Crippen LogP contribution in [0.3, 0.4) is 0 Å². The predicted molar refractivity (Wildman–Crippen MR) is 184 cm³/mol. The minimum Gasteiger partial charge on any atom is -0.478 e. The van der Waals surface area contributed by atoms with Crippen LogP contribution in [0.5, 0.6) is 0 Å². The number of hydrogen-bond donors (Lipinski definition) is 3. The molecule has 0 saturated heterocycles. The summed E-state index contributed by atoms with van der Waals surface area (Å²) in [6.45, 7) is 13.3. The fourth-order valence-electron chi connectivity index (χ4n) is 5.22. The van der Waals surface area contributed by atoms with Gasteiger partial charge in [0.25, 0.3) is 0 Å². The smallest absolute Gasteiger partial charge is 0.335 e. The van der Waals surface area contributed by atoms with Crippen molar-refractivity contribution in [1.29, 1.82) is 0 Å². The van der Waals surface area contributed by atoms with E-state index in [9.17, 15) is 24.3 Å². The van der Waals surface area contributed by atoms with Gasteiger partial charge in [0.05, 0.1) is 11.1 Å². The van der Waals surface area contributed by atoms with Gasteiger partial charge >= 0.3 is 17.9 Å². The Morgan fingerprint density at radius 1 is 0.766 bits per heavy atom. The number of hydrogen-bond acceptors (Lipinski definition) is 6. The van der Waals surface area contributed by atoms with Crippen LogP contribution in [0.15, 0.2) is 58.5 Å². The highest BCUT2D eigenvalue weighted by Crippen LogP contribution is 2.30. The second kappa shape index (κ2) is 20.1. The van der Waals surface area contributed by atoms with Crippen molar-refractivity contribution >= 4 is 34.7 Å². The number of furan rings is 1. The Morgan fingerprint density at radius 2 is 1.34 bits per heavy atom. The first kappa shape index (κ1) is 38.9. The molecular weight excluding hydrogens is 598 g/mol. The molecule has 0 aliphatic rings. The number of ketones is 1. The third-order valence-corrected chi connectivity index (χ3v) is 7.95. The first-order valence-corrected chi connectivity index (χ1v) is 16.8. The van der Waals surface area contributed by atoms with Gasteiger partial charge in [-0.15, -0.1) is 0 Å². The number of aliphatic carboxylic acids is 2. The maximum atomic E-state index is 13.6. The number of fused-ring (bicyclic) bond motifs is 1. The molecule has 0 unspecified atom stereocenters. The minimum atomic E-state index is -1.23. The zero-order valence-corrected chi connectivity index (χ0v) is 28.5. The molecule has 47 heavy (non-hydrogen) atoms. The fourth-order valence-corrected chi connectivity index (χ4v) is 5.22. The Labute approximate surface area is 278 Å². The molecule has 0 radical (unpaired) electrons. The summed E-state index contributed by atoms with van der Waals surface area (Å²) in [6.07, 6.45) is 10.3. The summed E-state index contributed by atoms with van der Waals surface area (Å²) in [5.41, 5.74) is 2.96. The Kier molecular flexibility index (Phi) is 16.6. The number of nitrogens with zero attached hydrogens (tertiary/aromatic N) is 1. The van der Waals surface area contributed by atoms with E-state index in [1.54, 1.807) is 26.0 Å². The number of rotatable bonds is 19. The van der Waals surface area contributed by atoms with Crippen LogP contribution in [0, 0.1) is 5.92 Å². The van der Waals surface area contributed by atoms with Gasteiger partial charge in [0.2, 0.25) is 0 Å². The number of aryl methyl sites for hydroxylation is 2. The SMILES string of the molecule is CC(C)/C(=C\C(=O)O)C(=O)O.CCCCc1oc2ccc(C(=O)O)cc2c1C(=O)c1ccc(CCCN(CCCC)CCCC)cc1. The summed E-state index contributed by atoms with van der Waals surface area (Å²) in [6, 6.07) is 12.6. The Morgan fingerprint density at radius 3 is 1.83 bits per heavy atom. The number of benzene rings is 2. The topological polar surface area (TPSA) is 145 Å². The van der Waals surface area contributed by atoms with Crippen molar-refractivity contribution in [1.82, 2.24) is 4.90 Å². The molecule has 0 spiro atoms. The Balaban J connectivity index is 0.000000597. The molecule has 1 aromatic heterocycles. The van der Waals surface area contributed by atoms with E-state index in [2.05, 4.69) is 25.7 Å². The van der Waals surface area contributed by atoms with Crippen molar-refractivity contribution in [3.63, 3.8) is 0 Å². The third-order valence-electron chi connectivity index (χ3n) is 7.95. The van der Waals surface area contributed by atoms with E-state index in [0.717, 1.165) is 32.2 Å². The third kappa shape index (κ3) is 12.5. The largest absolute Gasteiger partial charge is 0.478 e. The summed E-state index contributed by atoms with van der Waals surface area (Å²) >= 11 is 0. The van der Waals surface area contributed by atoms with Crippen LogP contribution in [0.25, 0.3) is 11.0 Å². The molecule has 0 aliphatic carbocycles. The van der Waals surface area contributed by atoms with Crippen molar-refractivity contribution in [2.24, 2.45) is 5.92 Å². The first-order valence-electron chi connectivity index (χ1n) is 16.8. The summed E-state index contributed by atoms with van der Waals surface area (Å²) in [4.78, 5) is 48.1. The number of carbonyl (C=O) groups is 4. The lowest BCUT2D eigenvalue weighted by molar-refractivity contribution is -0.135. The van der Waals surface area contributed by atoms with Crippen LogP contribution in [-0.4, -0.2) is 63.5 Å². The lowest BCUT2D eigenvalue weighted by Gasteiger charge is -2.21. The number of aromatic carboxylic acids is 1. The molecule has 0 aliphatic heterocycles. The van der Waals surface area contributed by atoms with E-state index < -0.39 is 17.9 Å². The second-order valence-electron chi connectivity index (χ2n) is 12.1. The molecule has 9 nitrogen and oxygen atoms in total. The molecule has 1 heterocycles. The van der Waals surface area contributed by atoms with Crippen LogP contribution in [0.1, 0.15) is 117 Å². The standard InChI is InChI=1S/C31H41NO4.C7H10O4/c1-4-7-12-28-29(26-22-25(31(34)35)17-18-27(26)36-28)30(33)24-15-13-23(14-16-24)11-10-21-32(19-8-5-2)20-9-6-3;1-4(2)5(7(10)11)3-6(8)9/h13-18,22H,4-12,19-21H2,1-3H3,(H,34,35);3-4H,1-2H3,(H,8,9)(H,10,11)/b;5-3+. The molecule has 0 amide bonds. The van der Waals surface area contributed by atoms with Crippen LogP contribution >= 0.6 is 0 Å². The maximum absolute atomic E-state index is 13.6. The van der Waals surface area contributed by atoms with Gasteiger partial charge in [-0.2, -0.15) is 0 Å². The van der Waals surface area contributed by atoms with Gasteiger partial charge in [-0.05, 0) is 81.4 Å². The van der Waals surface area contributed by atoms with Gasteiger partial charge in [0.1, 0.15) is 11.3 Å². The van der Waals surface area contributed by atoms with E-state index in [0.29, 0.717) is 40.4 Å². The minimum absolute atomic E-state index is 0.0856. The number of carboxylic acids is 3. The maximum Gasteiger partial charge on any atom is 0.335 e. The molecule has 256 valence electrons. The van der Waals surface area contributed by atoms with Gasteiger partial charge in [0.15, 0.2) is 5.78 Å². The van der Waals surface area contributed by atoms with Crippen LogP contribution in [0.2, 0.25) is 0 Å². The van der Waals surface area contributed by atoms with Crippen LogP contribution in [0.4, 0.5) is 0 Å². The zero-order valence-electron chi connectivity index (χ0n) is 28.5.